The summed E-state index contributed by atoms with van der Waals surface area (Å²) in [4.78, 5) is 20.8. The molecule has 3 aromatic rings. The van der Waals surface area contributed by atoms with Crippen LogP contribution in [0.5, 0.6) is 5.88 Å². The van der Waals surface area contributed by atoms with Gasteiger partial charge in [0.2, 0.25) is 5.88 Å². The van der Waals surface area contributed by atoms with Crippen molar-refractivity contribution in [3.63, 3.8) is 0 Å². The fraction of sp³-hybridized carbons (Fsp3) is 0.364. The number of carbonyl (C=O) groups excluding carboxylic acids is 1. The lowest BCUT2D eigenvalue weighted by molar-refractivity contribution is -0.0593. The van der Waals surface area contributed by atoms with Crippen LogP contribution in [0.2, 0.25) is 5.15 Å². The standard InChI is InChI=1S/C22H21ClN4O4/c1-22(11-29-12-22)26-21(28)15-5-7-18(25-9-15)30-10-16-19(14-4-6-17(23)24-8-14)27-31-20(16)13-2-3-13/h4-9,13H,2-3,10-12H2,1H3,(H,26,28). The summed E-state index contributed by atoms with van der Waals surface area (Å²) in [5.74, 6) is 1.45. The van der Waals surface area contributed by atoms with Crippen LogP contribution < -0.4 is 10.1 Å². The van der Waals surface area contributed by atoms with E-state index in [-0.39, 0.29) is 18.1 Å². The molecule has 31 heavy (non-hydrogen) atoms. The van der Waals surface area contributed by atoms with E-state index >= 15 is 0 Å². The lowest BCUT2D eigenvalue weighted by Crippen LogP contribution is -2.59. The van der Waals surface area contributed by atoms with Crippen LogP contribution >= 0.6 is 11.6 Å². The first-order valence-electron chi connectivity index (χ1n) is 10.1. The predicted molar refractivity (Wildman–Crippen MR) is 112 cm³/mol. The molecule has 0 unspecified atom stereocenters. The molecule has 1 saturated carbocycles. The summed E-state index contributed by atoms with van der Waals surface area (Å²) in [6.07, 6.45) is 5.33. The van der Waals surface area contributed by atoms with Crippen LogP contribution in [-0.2, 0) is 11.3 Å². The Morgan fingerprint density at radius 2 is 2.06 bits per heavy atom. The maximum Gasteiger partial charge on any atom is 0.253 e. The number of halogens is 1. The first-order valence-corrected chi connectivity index (χ1v) is 10.5. The molecule has 2 aliphatic rings. The summed E-state index contributed by atoms with van der Waals surface area (Å²) in [6.45, 7) is 3.23. The van der Waals surface area contributed by atoms with E-state index in [1.54, 1.807) is 24.4 Å². The van der Waals surface area contributed by atoms with Gasteiger partial charge in [0.05, 0.1) is 29.9 Å². The van der Waals surface area contributed by atoms with Crippen molar-refractivity contribution >= 4 is 17.5 Å². The number of nitrogens with one attached hydrogen (secondary N) is 1. The topological polar surface area (TPSA) is 99.4 Å². The number of aromatic nitrogens is 3. The smallest absolute Gasteiger partial charge is 0.253 e. The largest absolute Gasteiger partial charge is 0.473 e. The number of nitrogens with zero attached hydrogens (tertiary/aromatic N) is 3. The average Bonchev–Trinajstić information content (AvgIpc) is 3.51. The molecule has 1 amide bonds. The number of hydrogen-bond donors (Lipinski definition) is 1. The number of carbonyl (C=O) groups is 1. The molecule has 3 aromatic heterocycles. The Balaban J connectivity index is 1.30. The Kier molecular flexibility index (Phi) is 5.11. The van der Waals surface area contributed by atoms with Crippen LogP contribution in [0.1, 0.15) is 47.4 Å². The zero-order valence-corrected chi connectivity index (χ0v) is 17.7. The second kappa shape index (κ2) is 7.94. The van der Waals surface area contributed by atoms with E-state index in [4.69, 9.17) is 25.6 Å². The Morgan fingerprint density at radius 3 is 2.68 bits per heavy atom. The van der Waals surface area contributed by atoms with Gasteiger partial charge in [-0.2, -0.15) is 0 Å². The third kappa shape index (κ3) is 4.26. The van der Waals surface area contributed by atoms with Crippen LogP contribution in [0.3, 0.4) is 0 Å². The fourth-order valence-corrected chi connectivity index (χ4v) is 3.56. The van der Waals surface area contributed by atoms with Gasteiger partial charge in [0, 0.05) is 29.9 Å². The molecule has 9 heteroatoms. The molecule has 0 aromatic carbocycles. The second-order valence-electron chi connectivity index (χ2n) is 8.20. The molecule has 160 valence electrons. The normalized spacial score (nSPS) is 17.1. The van der Waals surface area contributed by atoms with Crippen LogP contribution in [0.15, 0.2) is 41.2 Å². The second-order valence-corrected chi connectivity index (χ2v) is 8.59. The van der Waals surface area contributed by atoms with Crippen molar-refractivity contribution in [3.8, 4) is 17.1 Å². The monoisotopic (exact) mass is 440 g/mol. The lowest BCUT2D eigenvalue weighted by Gasteiger charge is -2.38. The maximum absolute atomic E-state index is 12.4. The number of rotatable bonds is 7. The molecular weight excluding hydrogens is 420 g/mol. The Bertz CT molecular complexity index is 1090. The van der Waals surface area contributed by atoms with Crippen molar-refractivity contribution in [2.75, 3.05) is 13.2 Å². The number of hydrogen-bond acceptors (Lipinski definition) is 7. The van der Waals surface area contributed by atoms with Gasteiger partial charge in [0.25, 0.3) is 5.91 Å². The molecule has 0 atom stereocenters. The molecule has 1 aliphatic heterocycles. The molecule has 4 heterocycles. The zero-order chi connectivity index (χ0) is 21.4. The van der Waals surface area contributed by atoms with Gasteiger partial charge in [-0.15, -0.1) is 0 Å². The van der Waals surface area contributed by atoms with Crippen LogP contribution in [0, 0.1) is 0 Å². The van der Waals surface area contributed by atoms with E-state index in [1.807, 2.05) is 13.0 Å². The summed E-state index contributed by atoms with van der Waals surface area (Å²) >= 11 is 5.91. The van der Waals surface area contributed by atoms with Gasteiger partial charge in [-0.05, 0) is 38.0 Å². The fourth-order valence-electron chi connectivity index (χ4n) is 3.44. The van der Waals surface area contributed by atoms with E-state index in [0.717, 1.165) is 29.7 Å². The zero-order valence-electron chi connectivity index (χ0n) is 16.9. The first-order chi connectivity index (χ1) is 15.0. The van der Waals surface area contributed by atoms with E-state index < -0.39 is 0 Å². The highest BCUT2D eigenvalue weighted by molar-refractivity contribution is 6.29. The number of pyridine rings is 2. The first kappa shape index (κ1) is 20.0. The molecule has 1 saturated heterocycles. The molecule has 1 aliphatic carbocycles. The minimum Gasteiger partial charge on any atom is -0.473 e. The number of ether oxygens (including phenoxy) is 2. The van der Waals surface area contributed by atoms with Gasteiger partial charge in [-0.1, -0.05) is 16.8 Å². The summed E-state index contributed by atoms with van der Waals surface area (Å²) in [6, 6.07) is 6.95. The molecular formula is C22H21ClN4O4. The predicted octanol–water partition coefficient (Wildman–Crippen LogP) is 3.76. The van der Waals surface area contributed by atoms with Crippen LogP contribution in [0.4, 0.5) is 0 Å². The van der Waals surface area contributed by atoms with Gasteiger partial charge in [0.1, 0.15) is 23.2 Å². The molecule has 8 nitrogen and oxygen atoms in total. The van der Waals surface area contributed by atoms with Gasteiger partial charge in [-0.3, -0.25) is 4.79 Å². The van der Waals surface area contributed by atoms with Crippen molar-refractivity contribution in [1.29, 1.82) is 0 Å². The van der Waals surface area contributed by atoms with Gasteiger partial charge >= 0.3 is 0 Å². The van der Waals surface area contributed by atoms with Crippen molar-refractivity contribution < 1.29 is 18.8 Å². The van der Waals surface area contributed by atoms with Gasteiger partial charge in [-0.25, -0.2) is 9.97 Å². The van der Waals surface area contributed by atoms with Gasteiger partial charge < -0.3 is 19.3 Å². The number of amides is 1. The summed E-state index contributed by atoms with van der Waals surface area (Å²) in [5.41, 5.74) is 2.54. The SMILES string of the molecule is CC1(NC(=O)c2ccc(OCc3c(-c4ccc(Cl)nc4)noc3C3CC3)nc2)COC1. The van der Waals surface area contributed by atoms with Crippen molar-refractivity contribution in [3.05, 3.63) is 58.7 Å². The summed E-state index contributed by atoms with van der Waals surface area (Å²) in [7, 11) is 0. The molecule has 0 spiro atoms. The van der Waals surface area contributed by atoms with Gasteiger partial charge in [0.15, 0.2) is 0 Å². The minimum atomic E-state index is -0.313. The van der Waals surface area contributed by atoms with Crippen molar-refractivity contribution in [1.82, 2.24) is 20.4 Å². The summed E-state index contributed by atoms with van der Waals surface area (Å²) < 4.78 is 16.7. The molecule has 2 fully saturated rings. The summed E-state index contributed by atoms with van der Waals surface area (Å²) in [5, 5.41) is 7.63. The lowest BCUT2D eigenvalue weighted by atomic mass is 10.0. The highest BCUT2D eigenvalue weighted by Crippen LogP contribution is 2.44. The quantitative estimate of drug-likeness (QED) is 0.558. The highest BCUT2D eigenvalue weighted by Gasteiger charge is 2.35. The molecule has 1 N–H and O–H groups in total. The van der Waals surface area contributed by atoms with E-state index in [9.17, 15) is 4.79 Å². The highest BCUT2D eigenvalue weighted by atomic mass is 35.5. The van der Waals surface area contributed by atoms with Crippen molar-refractivity contribution in [2.24, 2.45) is 0 Å². The third-order valence-electron chi connectivity index (χ3n) is 5.39. The molecule has 5 rings (SSSR count). The average molecular weight is 441 g/mol. The maximum atomic E-state index is 12.4. The Hall–Kier alpha value is -2.97. The molecule has 0 bridgehead atoms. The Labute approximate surface area is 183 Å². The van der Waals surface area contributed by atoms with Crippen LogP contribution in [-0.4, -0.2) is 39.8 Å². The third-order valence-corrected chi connectivity index (χ3v) is 5.61. The molecule has 0 radical (unpaired) electrons. The van der Waals surface area contributed by atoms with Crippen LogP contribution in [0.25, 0.3) is 11.3 Å². The van der Waals surface area contributed by atoms with Crippen molar-refractivity contribution in [2.45, 2.75) is 37.8 Å². The Morgan fingerprint density at radius 1 is 1.23 bits per heavy atom. The van der Waals surface area contributed by atoms with E-state index in [2.05, 4.69) is 20.4 Å². The van der Waals surface area contributed by atoms with E-state index in [0.29, 0.717) is 41.4 Å². The minimum absolute atomic E-state index is 0.183. The van der Waals surface area contributed by atoms with E-state index in [1.165, 1.54) is 6.20 Å².